The van der Waals surface area contributed by atoms with E-state index >= 15 is 0 Å². The molecule has 2 N–H and O–H groups in total. The minimum Gasteiger partial charge on any atom is -0.381 e. The minimum absolute atomic E-state index is 0.177. The molecule has 1 saturated heterocycles. The fraction of sp³-hybridized carbons (Fsp3) is 0.692. The number of hydrogen-bond donors (Lipinski definition) is 1. The first-order valence-corrected chi connectivity index (χ1v) is 6.55. The van der Waals surface area contributed by atoms with Crippen LogP contribution in [-0.4, -0.2) is 48.2 Å². The summed E-state index contributed by atoms with van der Waals surface area (Å²) in [6.07, 6.45) is 5.64. The van der Waals surface area contributed by atoms with Crippen LogP contribution in [0.3, 0.4) is 0 Å². The van der Waals surface area contributed by atoms with Crippen molar-refractivity contribution < 1.29 is 4.74 Å². The molecule has 0 bridgehead atoms. The van der Waals surface area contributed by atoms with Gasteiger partial charge in [0.2, 0.25) is 0 Å². The Bertz CT molecular complexity index is 340. The lowest BCUT2D eigenvalue weighted by atomic mass is 9.99. The molecule has 0 aliphatic carbocycles. The van der Waals surface area contributed by atoms with Crippen LogP contribution in [0, 0.1) is 5.92 Å². The Morgan fingerprint density at radius 2 is 2.28 bits per heavy atom. The van der Waals surface area contributed by atoms with Crippen molar-refractivity contribution in [2.75, 3.05) is 33.4 Å². The van der Waals surface area contributed by atoms with Gasteiger partial charge in [0.25, 0.3) is 0 Å². The second-order valence-corrected chi connectivity index (χ2v) is 4.88. The summed E-state index contributed by atoms with van der Waals surface area (Å²) in [4.78, 5) is 10.6. The maximum absolute atomic E-state index is 5.88. The molecule has 5 nitrogen and oxygen atoms in total. The van der Waals surface area contributed by atoms with Crippen molar-refractivity contribution in [3.8, 4) is 0 Å². The molecular formula is C13H22N4O. The van der Waals surface area contributed by atoms with Crippen LogP contribution in [-0.2, 0) is 4.74 Å². The van der Waals surface area contributed by atoms with Crippen molar-refractivity contribution in [2.24, 2.45) is 11.7 Å². The number of aromatic nitrogens is 2. The van der Waals surface area contributed by atoms with E-state index in [1.54, 1.807) is 12.5 Å². The second kappa shape index (κ2) is 6.78. The number of rotatable bonds is 5. The van der Waals surface area contributed by atoms with Crippen molar-refractivity contribution in [2.45, 2.75) is 18.9 Å². The normalized spacial score (nSPS) is 19.1. The van der Waals surface area contributed by atoms with Crippen LogP contribution < -0.4 is 5.73 Å². The predicted molar refractivity (Wildman–Crippen MR) is 70.0 cm³/mol. The highest BCUT2D eigenvalue weighted by molar-refractivity contribution is 5.05. The summed E-state index contributed by atoms with van der Waals surface area (Å²) in [7, 11) is 2.12. The summed E-state index contributed by atoms with van der Waals surface area (Å²) in [5.74, 6) is 0.708. The Labute approximate surface area is 108 Å². The highest BCUT2D eigenvalue weighted by Crippen LogP contribution is 2.21. The van der Waals surface area contributed by atoms with Crippen molar-refractivity contribution in [3.05, 3.63) is 24.3 Å². The van der Waals surface area contributed by atoms with Gasteiger partial charge in [-0.15, -0.1) is 0 Å². The summed E-state index contributed by atoms with van der Waals surface area (Å²) in [6, 6.07) is 2.12. The molecule has 2 rings (SSSR count). The third kappa shape index (κ3) is 3.48. The van der Waals surface area contributed by atoms with E-state index in [0.29, 0.717) is 12.5 Å². The average Bonchev–Trinajstić information content (AvgIpc) is 2.42. The monoisotopic (exact) mass is 250 g/mol. The van der Waals surface area contributed by atoms with Crippen LogP contribution in [0.25, 0.3) is 0 Å². The Morgan fingerprint density at radius 1 is 1.50 bits per heavy atom. The molecule has 0 amide bonds. The molecule has 1 atom stereocenters. The number of likely N-dealkylation sites (N-methyl/N-ethyl adjacent to an activating group) is 1. The van der Waals surface area contributed by atoms with E-state index in [0.717, 1.165) is 38.3 Å². The van der Waals surface area contributed by atoms with E-state index < -0.39 is 0 Å². The molecule has 2 heterocycles. The van der Waals surface area contributed by atoms with E-state index in [1.165, 1.54) is 0 Å². The van der Waals surface area contributed by atoms with Crippen molar-refractivity contribution in [1.82, 2.24) is 14.9 Å². The average molecular weight is 250 g/mol. The number of nitrogens with two attached hydrogens (primary N) is 1. The Balaban J connectivity index is 1.94. The smallest absolute Gasteiger partial charge is 0.115 e. The number of hydrogen-bond acceptors (Lipinski definition) is 5. The Hall–Kier alpha value is -1.04. The van der Waals surface area contributed by atoms with Gasteiger partial charge in [0.05, 0.1) is 11.7 Å². The van der Waals surface area contributed by atoms with Crippen molar-refractivity contribution >= 4 is 0 Å². The van der Waals surface area contributed by atoms with Gasteiger partial charge in [-0.25, -0.2) is 9.97 Å². The SMILES string of the molecule is CN(CC1CCOCC1)C(CN)c1ccncn1. The molecule has 1 aromatic heterocycles. The predicted octanol–water partition coefficient (Wildman–Crippen LogP) is 0.835. The lowest BCUT2D eigenvalue weighted by Crippen LogP contribution is -2.36. The zero-order valence-corrected chi connectivity index (χ0v) is 11.0. The molecule has 1 fully saturated rings. The molecule has 0 radical (unpaired) electrons. The zero-order valence-electron chi connectivity index (χ0n) is 11.0. The first-order chi connectivity index (χ1) is 8.81. The maximum Gasteiger partial charge on any atom is 0.115 e. The summed E-state index contributed by atoms with van der Waals surface area (Å²) in [5, 5.41) is 0. The van der Waals surface area contributed by atoms with Gasteiger partial charge in [-0.05, 0) is 31.9 Å². The quantitative estimate of drug-likeness (QED) is 0.838. The number of nitrogens with zero attached hydrogens (tertiary/aromatic N) is 3. The van der Waals surface area contributed by atoms with E-state index in [9.17, 15) is 0 Å². The third-order valence-electron chi connectivity index (χ3n) is 3.59. The molecule has 1 aliphatic rings. The van der Waals surface area contributed by atoms with Gasteiger partial charge in [-0.2, -0.15) is 0 Å². The molecule has 1 aromatic rings. The first-order valence-electron chi connectivity index (χ1n) is 6.55. The van der Waals surface area contributed by atoms with Gasteiger partial charge < -0.3 is 10.5 Å². The van der Waals surface area contributed by atoms with Crippen LogP contribution >= 0.6 is 0 Å². The lowest BCUT2D eigenvalue weighted by Gasteiger charge is -2.31. The third-order valence-corrected chi connectivity index (χ3v) is 3.59. The summed E-state index contributed by atoms with van der Waals surface area (Å²) < 4.78 is 5.39. The van der Waals surface area contributed by atoms with Crippen LogP contribution in [0.5, 0.6) is 0 Å². The fourth-order valence-corrected chi connectivity index (χ4v) is 2.49. The molecule has 100 valence electrons. The van der Waals surface area contributed by atoms with Crippen LogP contribution in [0.1, 0.15) is 24.6 Å². The van der Waals surface area contributed by atoms with Gasteiger partial charge in [0.1, 0.15) is 6.33 Å². The molecular weight excluding hydrogens is 228 g/mol. The van der Waals surface area contributed by atoms with Crippen molar-refractivity contribution in [1.29, 1.82) is 0 Å². The summed E-state index contributed by atoms with van der Waals surface area (Å²) in [5.41, 5.74) is 6.89. The Morgan fingerprint density at radius 3 is 2.89 bits per heavy atom. The van der Waals surface area contributed by atoms with Gasteiger partial charge in [-0.1, -0.05) is 0 Å². The first kappa shape index (κ1) is 13.4. The standard InChI is InChI=1S/C13H22N4O/c1-17(9-11-3-6-18-7-4-11)13(8-14)12-2-5-15-10-16-12/h2,5,10-11,13H,3-4,6-9,14H2,1H3. The molecule has 1 aliphatic heterocycles. The van der Waals surface area contributed by atoms with Crippen LogP contribution in [0.4, 0.5) is 0 Å². The topological polar surface area (TPSA) is 64.3 Å². The van der Waals surface area contributed by atoms with Gasteiger partial charge in [0, 0.05) is 32.5 Å². The maximum atomic E-state index is 5.88. The highest BCUT2D eigenvalue weighted by Gasteiger charge is 2.21. The second-order valence-electron chi connectivity index (χ2n) is 4.88. The fourth-order valence-electron chi connectivity index (χ4n) is 2.49. The highest BCUT2D eigenvalue weighted by atomic mass is 16.5. The van der Waals surface area contributed by atoms with Gasteiger partial charge in [-0.3, -0.25) is 4.90 Å². The Kier molecular flexibility index (Phi) is 5.04. The van der Waals surface area contributed by atoms with Gasteiger partial charge >= 0.3 is 0 Å². The molecule has 0 spiro atoms. The molecule has 1 unspecified atom stereocenters. The number of ether oxygens (including phenoxy) is 1. The van der Waals surface area contributed by atoms with E-state index in [2.05, 4.69) is 21.9 Å². The van der Waals surface area contributed by atoms with E-state index in [4.69, 9.17) is 10.5 Å². The summed E-state index contributed by atoms with van der Waals surface area (Å²) >= 11 is 0. The van der Waals surface area contributed by atoms with Crippen LogP contribution in [0.15, 0.2) is 18.6 Å². The molecule has 0 saturated carbocycles. The van der Waals surface area contributed by atoms with E-state index in [-0.39, 0.29) is 6.04 Å². The molecule has 0 aromatic carbocycles. The van der Waals surface area contributed by atoms with Crippen molar-refractivity contribution in [3.63, 3.8) is 0 Å². The molecule has 5 heteroatoms. The van der Waals surface area contributed by atoms with Gasteiger partial charge in [0.15, 0.2) is 0 Å². The van der Waals surface area contributed by atoms with Crippen LogP contribution in [0.2, 0.25) is 0 Å². The minimum atomic E-state index is 0.177. The largest absolute Gasteiger partial charge is 0.381 e. The lowest BCUT2D eigenvalue weighted by molar-refractivity contribution is 0.0504. The molecule has 18 heavy (non-hydrogen) atoms. The zero-order chi connectivity index (χ0) is 12.8. The van der Waals surface area contributed by atoms with E-state index in [1.807, 2.05) is 6.07 Å². The summed E-state index contributed by atoms with van der Waals surface area (Å²) in [6.45, 7) is 3.41.